The molecule has 0 saturated heterocycles. The topological polar surface area (TPSA) is 116 Å². The molecule has 0 unspecified atom stereocenters. The Hall–Kier alpha value is -3.92. The van der Waals surface area contributed by atoms with Gasteiger partial charge in [-0.05, 0) is 73.9 Å². The number of benzene rings is 2. The fourth-order valence-corrected chi connectivity index (χ4v) is 5.47. The average Bonchev–Trinajstić information content (AvgIpc) is 3.24. The van der Waals surface area contributed by atoms with Crippen molar-refractivity contribution >= 4 is 25.6 Å². The lowest BCUT2D eigenvalue weighted by Gasteiger charge is -2.39. The quantitative estimate of drug-likeness (QED) is 0.283. The minimum Gasteiger partial charge on any atom is -0.489 e. The maximum absolute atomic E-state index is 10.0. The molecular formula is C31H38N6O2Si. The van der Waals surface area contributed by atoms with Gasteiger partial charge in [0.2, 0.25) is 5.95 Å². The first-order chi connectivity index (χ1) is 18.8. The molecule has 1 atom stereocenters. The van der Waals surface area contributed by atoms with E-state index >= 15 is 0 Å². The lowest BCUT2D eigenvalue weighted by molar-refractivity contribution is 0.220. The van der Waals surface area contributed by atoms with Crippen molar-refractivity contribution in [3.63, 3.8) is 0 Å². The highest BCUT2D eigenvalue weighted by atomic mass is 28.4. The van der Waals surface area contributed by atoms with Gasteiger partial charge in [-0.1, -0.05) is 27.7 Å². The summed E-state index contributed by atoms with van der Waals surface area (Å²) in [7, 11) is -1.96. The molecule has 8 nitrogen and oxygen atoms in total. The molecule has 1 aliphatic heterocycles. The van der Waals surface area contributed by atoms with Crippen LogP contribution in [0.25, 0.3) is 11.3 Å². The molecule has 2 aromatic carbocycles. The summed E-state index contributed by atoms with van der Waals surface area (Å²) in [6.45, 7) is 18.6. The Kier molecular flexibility index (Phi) is 7.94. The van der Waals surface area contributed by atoms with Crippen LogP contribution in [-0.2, 0) is 9.84 Å². The number of aromatic nitrogens is 2. The number of hydrogen-bond donors (Lipinski definition) is 2. The van der Waals surface area contributed by atoms with Gasteiger partial charge in [-0.15, -0.1) is 0 Å². The van der Waals surface area contributed by atoms with Gasteiger partial charge in [0, 0.05) is 30.3 Å². The molecule has 9 heteroatoms. The van der Waals surface area contributed by atoms with Crippen molar-refractivity contribution < 1.29 is 9.16 Å². The van der Waals surface area contributed by atoms with Gasteiger partial charge in [-0.25, -0.2) is 9.97 Å². The summed E-state index contributed by atoms with van der Waals surface area (Å²) < 4.78 is 12.6. The molecule has 0 bridgehead atoms. The third-order valence-corrected chi connectivity index (χ3v) is 12.3. The zero-order chi connectivity index (χ0) is 29.3. The SMILES string of the molecule is CC(C)Oc1ccc(C#N)cc1Nc1nccc(-c2cc(C#N)c3c(c2)[C@@](C)(CO[Si](C)(C)C(C)(C)C)CN3)n1. The van der Waals surface area contributed by atoms with E-state index in [4.69, 9.17) is 14.1 Å². The van der Waals surface area contributed by atoms with E-state index in [1.807, 2.05) is 26.0 Å². The maximum atomic E-state index is 10.0. The third kappa shape index (κ3) is 5.96. The van der Waals surface area contributed by atoms with Gasteiger partial charge in [-0.2, -0.15) is 10.5 Å². The Labute approximate surface area is 238 Å². The first kappa shape index (κ1) is 29.1. The van der Waals surface area contributed by atoms with E-state index in [0.29, 0.717) is 47.4 Å². The third-order valence-electron chi connectivity index (χ3n) is 7.79. The summed E-state index contributed by atoms with van der Waals surface area (Å²) in [5.41, 5.74) is 4.82. The second-order valence-electron chi connectivity index (χ2n) is 12.4. The summed E-state index contributed by atoms with van der Waals surface area (Å²) in [6.07, 6.45) is 1.64. The number of rotatable bonds is 8. The first-order valence-electron chi connectivity index (χ1n) is 13.5. The molecule has 2 heterocycles. The average molecular weight is 555 g/mol. The van der Waals surface area contributed by atoms with Crippen molar-refractivity contribution in [2.45, 2.75) is 71.2 Å². The normalized spacial score (nSPS) is 16.6. The van der Waals surface area contributed by atoms with Crippen molar-refractivity contribution in [3.05, 3.63) is 59.3 Å². The summed E-state index contributed by atoms with van der Waals surface area (Å²) in [6, 6.07) is 15.5. The van der Waals surface area contributed by atoms with E-state index in [1.165, 1.54) is 0 Å². The van der Waals surface area contributed by atoms with Crippen LogP contribution in [0.15, 0.2) is 42.6 Å². The van der Waals surface area contributed by atoms with Crippen molar-refractivity contribution in [1.29, 1.82) is 10.5 Å². The van der Waals surface area contributed by atoms with Crippen LogP contribution in [-0.4, -0.2) is 37.5 Å². The molecule has 0 aliphatic carbocycles. The van der Waals surface area contributed by atoms with Crippen molar-refractivity contribution in [2.24, 2.45) is 0 Å². The van der Waals surface area contributed by atoms with Gasteiger partial charge < -0.3 is 19.8 Å². The Bertz CT molecular complexity index is 1500. The highest BCUT2D eigenvalue weighted by Crippen LogP contribution is 2.44. The van der Waals surface area contributed by atoms with Crippen LogP contribution in [0.5, 0.6) is 5.75 Å². The second-order valence-corrected chi connectivity index (χ2v) is 17.2. The number of hydrogen-bond acceptors (Lipinski definition) is 8. The molecule has 0 saturated carbocycles. The predicted molar refractivity (Wildman–Crippen MR) is 161 cm³/mol. The van der Waals surface area contributed by atoms with Crippen molar-refractivity contribution in [2.75, 3.05) is 23.8 Å². The number of nitrogens with zero attached hydrogens (tertiary/aromatic N) is 4. The maximum Gasteiger partial charge on any atom is 0.227 e. The van der Waals surface area contributed by atoms with Gasteiger partial charge in [0.15, 0.2) is 8.32 Å². The summed E-state index contributed by atoms with van der Waals surface area (Å²) >= 11 is 0. The Morgan fingerprint density at radius 3 is 2.52 bits per heavy atom. The summed E-state index contributed by atoms with van der Waals surface area (Å²) in [5, 5.41) is 26.2. The van der Waals surface area contributed by atoms with Gasteiger partial charge in [0.1, 0.15) is 11.8 Å². The molecule has 0 fully saturated rings. The van der Waals surface area contributed by atoms with Crippen LogP contribution in [0.1, 0.15) is 58.2 Å². The molecule has 1 aliphatic rings. The lowest BCUT2D eigenvalue weighted by Crippen LogP contribution is -2.45. The number of ether oxygens (including phenoxy) is 1. The van der Waals surface area contributed by atoms with E-state index in [9.17, 15) is 10.5 Å². The highest BCUT2D eigenvalue weighted by molar-refractivity contribution is 6.74. The van der Waals surface area contributed by atoms with Gasteiger partial charge in [0.05, 0.1) is 40.4 Å². The number of anilines is 3. The molecule has 0 spiro atoms. The fourth-order valence-electron chi connectivity index (χ4n) is 4.36. The van der Waals surface area contributed by atoms with Gasteiger partial charge in [-0.3, -0.25) is 0 Å². The Balaban J connectivity index is 1.69. The van der Waals surface area contributed by atoms with Crippen LogP contribution in [0.2, 0.25) is 18.1 Å². The standard InChI is InChI=1S/C31H38N6O2Si/c1-20(2)39-27-10-9-21(16-32)13-26(27)37-29-34-12-11-25(36-29)22-14-23(17-33)28-24(15-22)31(6,18-35-28)19-38-40(7,8)30(3,4)5/h9-15,20,35H,18-19H2,1-8H3,(H,34,36,37)/t31-/m1/s1. The van der Waals surface area contributed by atoms with E-state index in [1.54, 1.807) is 24.4 Å². The second kappa shape index (κ2) is 10.9. The van der Waals surface area contributed by atoms with Crippen molar-refractivity contribution in [3.8, 4) is 29.1 Å². The number of nitrogens with one attached hydrogen (secondary N) is 2. The van der Waals surface area contributed by atoms with E-state index < -0.39 is 8.32 Å². The molecular weight excluding hydrogens is 516 g/mol. The monoisotopic (exact) mass is 554 g/mol. The van der Waals surface area contributed by atoms with Crippen LogP contribution in [0, 0.1) is 22.7 Å². The number of nitriles is 2. The first-order valence-corrected chi connectivity index (χ1v) is 16.4. The van der Waals surface area contributed by atoms with Gasteiger partial charge >= 0.3 is 0 Å². The number of fused-ring (bicyclic) bond motifs is 1. The predicted octanol–water partition coefficient (Wildman–Crippen LogP) is 7.12. The van der Waals surface area contributed by atoms with E-state index in [0.717, 1.165) is 16.8 Å². The van der Waals surface area contributed by atoms with E-state index in [2.05, 4.69) is 74.6 Å². The van der Waals surface area contributed by atoms with Crippen LogP contribution in [0.4, 0.5) is 17.3 Å². The van der Waals surface area contributed by atoms with Crippen LogP contribution in [0.3, 0.4) is 0 Å². The molecule has 0 amide bonds. The summed E-state index contributed by atoms with van der Waals surface area (Å²) in [5.74, 6) is 0.971. The van der Waals surface area contributed by atoms with Crippen LogP contribution < -0.4 is 15.4 Å². The lowest BCUT2D eigenvalue weighted by atomic mass is 9.83. The Morgan fingerprint density at radius 2 is 1.88 bits per heavy atom. The van der Waals surface area contributed by atoms with Crippen LogP contribution >= 0.6 is 0 Å². The molecule has 208 valence electrons. The molecule has 0 radical (unpaired) electrons. The largest absolute Gasteiger partial charge is 0.489 e. The molecule has 3 aromatic rings. The molecule has 40 heavy (non-hydrogen) atoms. The fraction of sp³-hybridized carbons (Fsp3) is 0.419. The molecule has 4 rings (SSSR count). The summed E-state index contributed by atoms with van der Waals surface area (Å²) in [4.78, 5) is 9.17. The zero-order valence-electron chi connectivity index (χ0n) is 24.6. The minimum absolute atomic E-state index is 0.0416. The molecule has 1 aromatic heterocycles. The van der Waals surface area contributed by atoms with Gasteiger partial charge in [0.25, 0.3) is 0 Å². The Morgan fingerprint density at radius 1 is 1.12 bits per heavy atom. The highest BCUT2D eigenvalue weighted by Gasteiger charge is 2.42. The smallest absolute Gasteiger partial charge is 0.227 e. The molecule has 2 N–H and O–H groups in total. The minimum atomic E-state index is -1.96. The van der Waals surface area contributed by atoms with Crippen molar-refractivity contribution in [1.82, 2.24) is 9.97 Å². The zero-order valence-corrected chi connectivity index (χ0v) is 25.6. The van der Waals surface area contributed by atoms with E-state index in [-0.39, 0.29) is 16.6 Å².